The number of piperidine rings is 1. The molecule has 0 amide bonds. The molecule has 2 fully saturated rings. The second-order valence-electron chi connectivity index (χ2n) is 10.6. The largest absolute Gasteiger partial charge is 0.480 e. The van der Waals surface area contributed by atoms with Crippen molar-refractivity contribution in [2.75, 3.05) is 18.0 Å². The monoisotopic (exact) mass is 518 g/mol. The van der Waals surface area contributed by atoms with Gasteiger partial charge >= 0.3 is 5.97 Å². The van der Waals surface area contributed by atoms with Gasteiger partial charge in [0, 0.05) is 60.5 Å². The van der Waals surface area contributed by atoms with Gasteiger partial charge < -0.3 is 14.6 Å². The Bertz CT molecular complexity index is 1480. The SMILES string of the molecule is Cn1cc(-c2cc(S(=O)(=O)C(C)(C)C(=O)O)ccc2N2CCC3(CC2)CC3(F)F)c2c(c1=O)CC=C2. The van der Waals surface area contributed by atoms with E-state index < -0.39 is 31.9 Å². The number of sulfone groups is 1. The molecule has 192 valence electrons. The molecule has 2 aliphatic carbocycles. The lowest BCUT2D eigenvalue weighted by Crippen LogP contribution is -2.40. The molecular weight excluding hydrogens is 490 g/mol. The number of pyridine rings is 1. The number of allylic oxidation sites excluding steroid dienone is 1. The standard InChI is InChI=1S/C26H28F2N2O5S/c1-24(2,23(32)33)36(34,35)16-7-8-21(30-11-9-25(10-12-30)15-26(25,27)28)19(13-16)20-14-29(3)22(31)18-6-4-5-17(18)20/h4-5,7-8,13-14H,6,9-12,15H2,1-3H3,(H,32,33). The van der Waals surface area contributed by atoms with Crippen LogP contribution in [-0.4, -0.2) is 47.8 Å². The van der Waals surface area contributed by atoms with Gasteiger partial charge in [0.05, 0.1) is 4.90 Å². The van der Waals surface area contributed by atoms with Gasteiger partial charge in [-0.05, 0) is 56.9 Å². The van der Waals surface area contributed by atoms with Gasteiger partial charge in [0.15, 0.2) is 14.6 Å². The Hall–Kier alpha value is -3.01. The van der Waals surface area contributed by atoms with Gasteiger partial charge in [-0.1, -0.05) is 12.2 Å². The molecule has 10 heteroatoms. The molecule has 5 rings (SSSR count). The van der Waals surface area contributed by atoms with E-state index in [0.29, 0.717) is 60.3 Å². The summed E-state index contributed by atoms with van der Waals surface area (Å²) in [6.45, 7) is 3.06. The van der Waals surface area contributed by atoms with Crippen LogP contribution in [0.15, 0.2) is 40.2 Å². The number of hydrogen-bond acceptors (Lipinski definition) is 5. The molecule has 1 N–H and O–H groups in total. The minimum absolute atomic E-state index is 0.0960. The summed E-state index contributed by atoms with van der Waals surface area (Å²) >= 11 is 0. The lowest BCUT2D eigenvalue weighted by molar-refractivity contribution is -0.139. The highest BCUT2D eigenvalue weighted by atomic mass is 32.2. The molecule has 2 aromatic rings. The zero-order valence-corrected chi connectivity index (χ0v) is 21.2. The van der Waals surface area contributed by atoms with E-state index in [4.69, 9.17) is 0 Å². The predicted octanol–water partition coefficient (Wildman–Crippen LogP) is 3.88. The van der Waals surface area contributed by atoms with Crippen LogP contribution in [0.1, 0.15) is 44.2 Å². The number of aryl methyl sites for hydroxylation is 1. The third kappa shape index (κ3) is 3.44. The molecule has 0 bridgehead atoms. The van der Waals surface area contributed by atoms with E-state index >= 15 is 0 Å². The van der Waals surface area contributed by atoms with E-state index in [1.807, 2.05) is 17.1 Å². The maximum absolute atomic E-state index is 14.0. The lowest BCUT2D eigenvalue weighted by atomic mass is 9.91. The number of hydrogen-bond donors (Lipinski definition) is 1. The molecule has 0 atom stereocenters. The number of nitrogens with zero attached hydrogens (tertiary/aromatic N) is 2. The average molecular weight is 519 g/mol. The second kappa shape index (κ2) is 7.74. The molecule has 1 spiro atoms. The second-order valence-corrected chi connectivity index (χ2v) is 13.1. The van der Waals surface area contributed by atoms with Crippen molar-refractivity contribution in [2.24, 2.45) is 12.5 Å². The number of alkyl halides is 2. The first kappa shape index (κ1) is 24.7. The Morgan fingerprint density at radius 1 is 1.14 bits per heavy atom. The van der Waals surface area contributed by atoms with Crippen molar-refractivity contribution < 1.29 is 27.1 Å². The fourth-order valence-electron chi connectivity index (χ4n) is 5.39. The fourth-order valence-corrected chi connectivity index (χ4v) is 6.73. The zero-order chi connectivity index (χ0) is 26.3. The molecule has 2 heterocycles. The van der Waals surface area contributed by atoms with Gasteiger partial charge in [-0.3, -0.25) is 9.59 Å². The van der Waals surface area contributed by atoms with Gasteiger partial charge in [-0.15, -0.1) is 0 Å². The van der Waals surface area contributed by atoms with Crippen molar-refractivity contribution in [3.05, 3.63) is 52.0 Å². The van der Waals surface area contributed by atoms with Gasteiger partial charge in [-0.25, -0.2) is 17.2 Å². The zero-order valence-electron chi connectivity index (χ0n) is 20.3. The van der Waals surface area contributed by atoms with Crippen LogP contribution in [0.5, 0.6) is 0 Å². The molecule has 3 aliphatic rings. The summed E-state index contributed by atoms with van der Waals surface area (Å²) in [5.41, 5.74) is 2.02. The van der Waals surface area contributed by atoms with Crippen LogP contribution in [0.2, 0.25) is 0 Å². The fraction of sp³-hybridized carbons (Fsp3) is 0.462. The maximum atomic E-state index is 14.0. The summed E-state index contributed by atoms with van der Waals surface area (Å²) in [5, 5.41) is 9.58. The smallest absolute Gasteiger partial charge is 0.324 e. The normalized spacial score (nSPS) is 20.0. The summed E-state index contributed by atoms with van der Waals surface area (Å²) in [6.07, 6.45) is 6.36. The minimum Gasteiger partial charge on any atom is -0.480 e. The molecule has 1 aromatic heterocycles. The summed E-state index contributed by atoms with van der Waals surface area (Å²) in [7, 11) is -2.65. The number of carbonyl (C=O) groups is 1. The molecule has 0 radical (unpaired) electrons. The molecule has 36 heavy (non-hydrogen) atoms. The van der Waals surface area contributed by atoms with Crippen molar-refractivity contribution in [2.45, 2.75) is 55.1 Å². The molecule has 1 aliphatic heterocycles. The van der Waals surface area contributed by atoms with E-state index in [-0.39, 0.29) is 16.9 Å². The molecule has 1 aromatic carbocycles. The molecule has 0 unspecified atom stereocenters. The first-order valence-corrected chi connectivity index (χ1v) is 13.3. The number of benzene rings is 1. The van der Waals surface area contributed by atoms with Crippen LogP contribution in [0.4, 0.5) is 14.5 Å². The number of carboxylic acid groups (broad SMARTS) is 1. The van der Waals surface area contributed by atoms with Crippen LogP contribution in [0.3, 0.4) is 0 Å². The number of fused-ring (bicyclic) bond motifs is 1. The van der Waals surface area contributed by atoms with Gasteiger partial charge in [0.25, 0.3) is 11.5 Å². The number of carboxylic acids is 1. The maximum Gasteiger partial charge on any atom is 0.324 e. The third-order valence-corrected chi connectivity index (χ3v) is 10.5. The summed E-state index contributed by atoms with van der Waals surface area (Å²) in [4.78, 5) is 26.3. The number of anilines is 1. The lowest BCUT2D eigenvalue weighted by Gasteiger charge is -2.35. The van der Waals surface area contributed by atoms with E-state index in [2.05, 4.69) is 0 Å². The molecule has 7 nitrogen and oxygen atoms in total. The van der Waals surface area contributed by atoms with Crippen LogP contribution >= 0.6 is 0 Å². The Labute approximate surface area is 208 Å². The number of aliphatic carboxylic acids is 1. The van der Waals surface area contributed by atoms with Crippen LogP contribution in [0.25, 0.3) is 17.2 Å². The third-order valence-electron chi connectivity index (χ3n) is 8.15. The van der Waals surface area contributed by atoms with Gasteiger partial charge in [0.1, 0.15) is 0 Å². The summed E-state index contributed by atoms with van der Waals surface area (Å²) in [5.74, 6) is -4.10. The van der Waals surface area contributed by atoms with Crippen LogP contribution < -0.4 is 10.5 Å². The van der Waals surface area contributed by atoms with E-state index in [1.165, 1.54) is 16.7 Å². The van der Waals surface area contributed by atoms with Crippen LogP contribution in [0, 0.1) is 5.41 Å². The highest BCUT2D eigenvalue weighted by Gasteiger charge is 2.70. The Morgan fingerprint density at radius 2 is 1.78 bits per heavy atom. The summed E-state index contributed by atoms with van der Waals surface area (Å²) in [6, 6.07) is 4.46. The van der Waals surface area contributed by atoms with Crippen molar-refractivity contribution in [1.29, 1.82) is 0 Å². The van der Waals surface area contributed by atoms with E-state index in [0.717, 1.165) is 13.8 Å². The van der Waals surface area contributed by atoms with Crippen LogP contribution in [-0.2, 0) is 28.1 Å². The van der Waals surface area contributed by atoms with E-state index in [9.17, 15) is 31.9 Å². The molecule has 1 saturated carbocycles. The van der Waals surface area contributed by atoms with Crippen molar-refractivity contribution in [3.8, 4) is 11.1 Å². The average Bonchev–Trinajstić information content (AvgIpc) is 3.14. The summed E-state index contributed by atoms with van der Waals surface area (Å²) < 4.78 is 54.0. The van der Waals surface area contributed by atoms with Crippen molar-refractivity contribution in [1.82, 2.24) is 4.57 Å². The highest BCUT2D eigenvalue weighted by Crippen LogP contribution is 2.66. The van der Waals surface area contributed by atoms with Gasteiger partial charge in [-0.2, -0.15) is 0 Å². The van der Waals surface area contributed by atoms with Crippen molar-refractivity contribution in [3.63, 3.8) is 0 Å². The Morgan fingerprint density at radius 3 is 2.36 bits per heavy atom. The van der Waals surface area contributed by atoms with E-state index in [1.54, 1.807) is 19.3 Å². The predicted molar refractivity (Wildman–Crippen MR) is 132 cm³/mol. The first-order chi connectivity index (χ1) is 16.7. The molecule has 1 saturated heterocycles. The van der Waals surface area contributed by atoms with Crippen molar-refractivity contribution >= 4 is 27.6 Å². The number of halogens is 2. The Kier molecular flexibility index (Phi) is 5.31. The number of aromatic nitrogens is 1. The Balaban J connectivity index is 1.67. The molecular formula is C26H28F2N2O5S. The van der Waals surface area contributed by atoms with Gasteiger partial charge in [0.2, 0.25) is 0 Å². The quantitative estimate of drug-likeness (QED) is 0.645. The highest BCUT2D eigenvalue weighted by molar-refractivity contribution is 7.93. The minimum atomic E-state index is -4.28. The number of rotatable bonds is 5. The topological polar surface area (TPSA) is 96.7 Å². The first-order valence-electron chi connectivity index (χ1n) is 11.9.